The van der Waals surface area contributed by atoms with E-state index >= 15 is 0 Å². The molecule has 2 aromatic carbocycles. The Bertz CT molecular complexity index is 762. The van der Waals surface area contributed by atoms with E-state index in [0.29, 0.717) is 5.88 Å². The van der Waals surface area contributed by atoms with Crippen LogP contribution >= 0.6 is 11.6 Å². The zero-order chi connectivity index (χ0) is 18.0. The molecule has 0 bridgehead atoms. The van der Waals surface area contributed by atoms with E-state index in [0.717, 1.165) is 13.0 Å². The molecule has 0 aliphatic carbocycles. The second kappa shape index (κ2) is 7.13. The summed E-state index contributed by atoms with van der Waals surface area (Å²) in [6.45, 7) is 5.49. The largest absolute Gasteiger partial charge is 0.373 e. The molecule has 0 N–H and O–H groups in total. The number of allylic oxidation sites excluding steroid dienone is 2. The normalized spacial score (nSPS) is 17.0. The van der Waals surface area contributed by atoms with E-state index in [1.54, 1.807) is 0 Å². The van der Waals surface area contributed by atoms with Crippen LogP contribution in [0.5, 0.6) is 0 Å². The van der Waals surface area contributed by atoms with Gasteiger partial charge < -0.3 is 9.80 Å². The first-order chi connectivity index (χ1) is 11.9. The standard InChI is InChI=1S/C22H27ClN2/c1-22(2)19-7-5-6-8-20(19)25(4)21(22)14-11-17-9-12-18(13-10-17)24(3)16-15-23/h5-10,12-14H,11,15-16H2,1-4H3. The highest BCUT2D eigenvalue weighted by Crippen LogP contribution is 2.46. The van der Waals surface area contributed by atoms with Crippen LogP contribution < -0.4 is 9.80 Å². The molecule has 2 aromatic rings. The maximum atomic E-state index is 5.82. The molecule has 0 saturated heterocycles. The lowest BCUT2D eigenvalue weighted by Gasteiger charge is -2.24. The number of rotatable bonds is 5. The second-order valence-electron chi connectivity index (χ2n) is 7.27. The molecular weight excluding hydrogens is 328 g/mol. The molecule has 0 radical (unpaired) electrons. The van der Waals surface area contributed by atoms with Crippen LogP contribution in [-0.2, 0) is 11.8 Å². The third-order valence-corrected chi connectivity index (χ3v) is 5.44. The van der Waals surface area contributed by atoms with Crippen LogP contribution in [0.1, 0.15) is 25.0 Å². The van der Waals surface area contributed by atoms with Gasteiger partial charge in [-0.2, -0.15) is 0 Å². The molecule has 3 rings (SSSR count). The van der Waals surface area contributed by atoms with Crippen LogP contribution in [0.2, 0.25) is 0 Å². The van der Waals surface area contributed by atoms with Crippen LogP contribution in [0.3, 0.4) is 0 Å². The zero-order valence-corrected chi connectivity index (χ0v) is 16.3. The lowest BCUT2D eigenvalue weighted by molar-refractivity contribution is 0.637. The van der Waals surface area contributed by atoms with Gasteiger partial charge >= 0.3 is 0 Å². The smallest absolute Gasteiger partial charge is 0.0447 e. The van der Waals surface area contributed by atoms with Crippen molar-refractivity contribution in [1.29, 1.82) is 0 Å². The number of nitrogens with zero attached hydrogens (tertiary/aromatic N) is 2. The van der Waals surface area contributed by atoms with Crippen molar-refractivity contribution in [3.63, 3.8) is 0 Å². The van der Waals surface area contributed by atoms with E-state index in [-0.39, 0.29) is 5.41 Å². The summed E-state index contributed by atoms with van der Waals surface area (Å²) in [5.41, 5.74) is 6.68. The Morgan fingerprint density at radius 2 is 1.76 bits per heavy atom. The number of anilines is 2. The van der Waals surface area contributed by atoms with Crippen LogP contribution in [0.25, 0.3) is 0 Å². The number of benzene rings is 2. The van der Waals surface area contributed by atoms with Crippen molar-refractivity contribution in [1.82, 2.24) is 0 Å². The van der Waals surface area contributed by atoms with E-state index in [4.69, 9.17) is 11.6 Å². The quantitative estimate of drug-likeness (QED) is 0.679. The molecule has 1 aliphatic heterocycles. The average Bonchev–Trinajstić information content (AvgIpc) is 2.81. The molecule has 0 amide bonds. The van der Waals surface area contributed by atoms with Crippen molar-refractivity contribution in [3.05, 3.63) is 71.4 Å². The summed E-state index contributed by atoms with van der Waals surface area (Å²) in [6, 6.07) is 17.5. The number of hydrogen-bond acceptors (Lipinski definition) is 2. The fourth-order valence-corrected chi connectivity index (χ4v) is 3.98. The molecule has 132 valence electrons. The van der Waals surface area contributed by atoms with Gasteiger partial charge in [-0.3, -0.25) is 0 Å². The minimum absolute atomic E-state index is 0.0475. The van der Waals surface area contributed by atoms with Crippen LogP contribution in [0, 0.1) is 0 Å². The van der Waals surface area contributed by atoms with Crippen molar-refractivity contribution in [2.45, 2.75) is 25.7 Å². The summed E-state index contributed by atoms with van der Waals surface area (Å²) in [4.78, 5) is 4.51. The molecule has 0 unspecified atom stereocenters. The van der Waals surface area contributed by atoms with Crippen LogP contribution in [-0.4, -0.2) is 26.5 Å². The Balaban J connectivity index is 1.78. The monoisotopic (exact) mass is 354 g/mol. The molecule has 25 heavy (non-hydrogen) atoms. The number of fused-ring (bicyclic) bond motifs is 1. The third kappa shape index (κ3) is 3.41. The van der Waals surface area contributed by atoms with Crippen molar-refractivity contribution in [2.75, 3.05) is 36.3 Å². The van der Waals surface area contributed by atoms with Gasteiger partial charge in [-0.25, -0.2) is 0 Å². The Hall–Kier alpha value is -1.93. The van der Waals surface area contributed by atoms with Crippen molar-refractivity contribution in [2.24, 2.45) is 0 Å². The van der Waals surface area contributed by atoms with Gasteiger partial charge in [-0.1, -0.05) is 50.3 Å². The fourth-order valence-electron chi connectivity index (χ4n) is 3.73. The molecule has 2 nitrogen and oxygen atoms in total. The van der Waals surface area contributed by atoms with E-state index in [2.05, 4.69) is 92.3 Å². The molecule has 0 saturated carbocycles. The van der Waals surface area contributed by atoms with Crippen LogP contribution in [0.4, 0.5) is 11.4 Å². The third-order valence-electron chi connectivity index (χ3n) is 5.27. The molecule has 0 atom stereocenters. The zero-order valence-electron chi connectivity index (χ0n) is 15.6. The predicted molar refractivity (Wildman–Crippen MR) is 110 cm³/mol. The highest BCUT2D eigenvalue weighted by atomic mass is 35.5. The van der Waals surface area contributed by atoms with Gasteiger partial charge in [-0.15, -0.1) is 11.6 Å². The summed E-state index contributed by atoms with van der Waals surface area (Å²) >= 11 is 5.82. The van der Waals surface area contributed by atoms with Crippen molar-refractivity contribution in [3.8, 4) is 0 Å². The minimum Gasteiger partial charge on any atom is -0.373 e. The number of hydrogen-bond donors (Lipinski definition) is 0. The van der Waals surface area contributed by atoms with Crippen molar-refractivity contribution >= 4 is 23.0 Å². The SMILES string of the molecule is CN(CCCl)c1ccc(CC=C2N(C)c3ccccc3C2(C)C)cc1. The average molecular weight is 355 g/mol. The Morgan fingerprint density at radius 3 is 2.40 bits per heavy atom. The molecule has 0 aromatic heterocycles. The Morgan fingerprint density at radius 1 is 1.08 bits per heavy atom. The highest BCUT2D eigenvalue weighted by molar-refractivity contribution is 6.18. The summed E-state index contributed by atoms with van der Waals surface area (Å²) in [6.07, 6.45) is 3.31. The Labute approximate surface area is 156 Å². The Kier molecular flexibility index (Phi) is 5.10. The first-order valence-electron chi connectivity index (χ1n) is 8.85. The molecule has 3 heteroatoms. The lowest BCUT2D eigenvalue weighted by atomic mass is 9.83. The fraction of sp³-hybridized carbons (Fsp3) is 0.364. The van der Waals surface area contributed by atoms with Gasteiger partial charge in [0, 0.05) is 49.0 Å². The number of halogens is 1. The highest BCUT2D eigenvalue weighted by Gasteiger charge is 2.37. The maximum absolute atomic E-state index is 5.82. The van der Waals surface area contributed by atoms with E-state index in [1.807, 2.05) is 0 Å². The lowest BCUT2D eigenvalue weighted by Crippen LogP contribution is -2.23. The van der Waals surface area contributed by atoms with Gasteiger partial charge in [0.25, 0.3) is 0 Å². The summed E-state index contributed by atoms with van der Waals surface area (Å²) in [5.74, 6) is 0.645. The van der Waals surface area contributed by atoms with Gasteiger partial charge in [0.05, 0.1) is 0 Å². The van der Waals surface area contributed by atoms with Gasteiger partial charge in [0.15, 0.2) is 0 Å². The predicted octanol–water partition coefficient (Wildman–Crippen LogP) is 5.22. The molecular formula is C22H27ClN2. The first-order valence-corrected chi connectivity index (χ1v) is 9.38. The summed E-state index contributed by atoms with van der Waals surface area (Å²) < 4.78 is 0. The summed E-state index contributed by atoms with van der Waals surface area (Å²) in [5, 5.41) is 0. The van der Waals surface area contributed by atoms with Gasteiger partial charge in [0.1, 0.15) is 0 Å². The van der Waals surface area contributed by atoms with Gasteiger partial charge in [-0.05, 0) is 35.7 Å². The first kappa shape index (κ1) is 17.9. The van der Waals surface area contributed by atoms with Crippen LogP contribution in [0.15, 0.2) is 60.3 Å². The van der Waals surface area contributed by atoms with E-state index in [1.165, 1.54) is 28.2 Å². The topological polar surface area (TPSA) is 6.48 Å². The molecule has 1 aliphatic rings. The molecule has 1 heterocycles. The number of para-hydroxylation sites is 1. The number of likely N-dealkylation sites (N-methyl/N-ethyl adjacent to an activating group) is 1. The van der Waals surface area contributed by atoms with E-state index in [9.17, 15) is 0 Å². The molecule has 0 fully saturated rings. The van der Waals surface area contributed by atoms with E-state index < -0.39 is 0 Å². The molecule has 0 spiro atoms. The van der Waals surface area contributed by atoms with Gasteiger partial charge in [0.2, 0.25) is 0 Å². The summed E-state index contributed by atoms with van der Waals surface area (Å²) in [7, 11) is 4.25. The second-order valence-corrected chi connectivity index (χ2v) is 7.65. The van der Waals surface area contributed by atoms with Crippen molar-refractivity contribution < 1.29 is 0 Å². The minimum atomic E-state index is 0.0475. The number of alkyl halides is 1. The maximum Gasteiger partial charge on any atom is 0.0447 e.